The molecule has 1 heterocycles. The lowest BCUT2D eigenvalue weighted by molar-refractivity contribution is -0.384. The zero-order chi connectivity index (χ0) is 15.8. The van der Waals surface area contributed by atoms with Crippen molar-refractivity contribution in [2.24, 2.45) is 0 Å². The predicted octanol–water partition coefficient (Wildman–Crippen LogP) is 4.25. The molecule has 1 aliphatic heterocycles. The number of fused-ring (bicyclic) bond motifs is 1. The summed E-state index contributed by atoms with van der Waals surface area (Å²) in [5.74, 6) is -0.104. The van der Waals surface area contributed by atoms with E-state index in [4.69, 9.17) is 0 Å². The van der Waals surface area contributed by atoms with E-state index in [2.05, 4.69) is 0 Å². The van der Waals surface area contributed by atoms with Gasteiger partial charge in [-0.1, -0.05) is 13.3 Å². The molecule has 1 aromatic carbocycles. The third kappa shape index (κ3) is 3.11. The largest absolute Gasteiger partial charge is 0.405 e. The van der Waals surface area contributed by atoms with E-state index >= 15 is 0 Å². The molecule has 0 saturated carbocycles. The van der Waals surface area contributed by atoms with Crippen LogP contribution < -0.4 is 4.90 Å². The Morgan fingerprint density at radius 2 is 2.05 bits per heavy atom. The molecule has 4 nitrogen and oxygen atoms in total. The van der Waals surface area contributed by atoms with E-state index in [0.29, 0.717) is 17.7 Å². The fourth-order valence-corrected chi connectivity index (χ4v) is 3.04. The quantitative estimate of drug-likeness (QED) is 0.617. The third-order valence-electron chi connectivity index (χ3n) is 3.95. The lowest BCUT2D eigenvalue weighted by atomic mass is 9.91. The first-order chi connectivity index (χ1) is 9.74. The number of nitro groups is 1. The second-order valence-electron chi connectivity index (χ2n) is 5.38. The van der Waals surface area contributed by atoms with Crippen molar-refractivity contribution in [2.75, 3.05) is 11.4 Å². The van der Waals surface area contributed by atoms with E-state index < -0.39 is 17.6 Å². The maximum atomic E-state index is 12.7. The highest BCUT2D eigenvalue weighted by atomic mass is 19.4. The summed E-state index contributed by atoms with van der Waals surface area (Å²) < 4.78 is 38.2. The fourth-order valence-electron chi connectivity index (χ4n) is 3.04. The van der Waals surface area contributed by atoms with Crippen LogP contribution in [0.2, 0.25) is 0 Å². The van der Waals surface area contributed by atoms with Gasteiger partial charge in [-0.25, -0.2) is 0 Å². The molecule has 1 aromatic rings. The van der Waals surface area contributed by atoms with Gasteiger partial charge < -0.3 is 4.90 Å². The van der Waals surface area contributed by atoms with Gasteiger partial charge in [0, 0.05) is 29.8 Å². The van der Waals surface area contributed by atoms with Gasteiger partial charge in [-0.15, -0.1) is 0 Å². The average molecular weight is 302 g/mol. The van der Waals surface area contributed by atoms with E-state index in [-0.39, 0.29) is 17.6 Å². The summed E-state index contributed by atoms with van der Waals surface area (Å²) in [5, 5.41) is 10.9. The number of alkyl halides is 3. The topological polar surface area (TPSA) is 46.4 Å². The van der Waals surface area contributed by atoms with Crippen molar-refractivity contribution >= 4 is 11.4 Å². The zero-order valence-corrected chi connectivity index (χ0v) is 11.9. The second kappa shape index (κ2) is 5.54. The predicted molar refractivity (Wildman–Crippen MR) is 73.6 cm³/mol. The number of hydrogen-bond donors (Lipinski definition) is 0. The number of nitro benzene ring substituents is 1. The van der Waals surface area contributed by atoms with Crippen LogP contribution in [0.3, 0.4) is 0 Å². The molecule has 0 aliphatic carbocycles. The monoisotopic (exact) mass is 302 g/mol. The van der Waals surface area contributed by atoms with Crippen molar-refractivity contribution in [2.45, 2.75) is 44.8 Å². The molecule has 0 bridgehead atoms. The molecule has 116 valence electrons. The molecule has 0 saturated heterocycles. The van der Waals surface area contributed by atoms with E-state index in [0.717, 1.165) is 6.42 Å². The van der Waals surface area contributed by atoms with Crippen molar-refractivity contribution in [3.8, 4) is 0 Å². The molecule has 0 radical (unpaired) electrons. The Labute approximate surface area is 120 Å². The molecule has 0 spiro atoms. The summed E-state index contributed by atoms with van der Waals surface area (Å²) in [6.07, 6.45) is -2.77. The number of non-ortho nitro benzene ring substituents is 1. The number of anilines is 1. The molecule has 2 atom stereocenters. The maximum absolute atomic E-state index is 12.7. The number of halogens is 3. The Hall–Kier alpha value is -1.79. The molecule has 21 heavy (non-hydrogen) atoms. The van der Waals surface area contributed by atoms with Gasteiger partial charge in [0.15, 0.2) is 0 Å². The minimum absolute atomic E-state index is 0.0732. The van der Waals surface area contributed by atoms with Crippen molar-refractivity contribution in [1.82, 2.24) is 0 Å². The van der Waals surface area contributed by atoms with Gasteiger partial charge in [0.25, 0.3) is 5.69 Å². The van der Waals surface area contributed by atoms with Gasteiger partial charge in [0.05, 0.1) is 4.92 Å². The van der Waals surface area contributed by atoms with Gasteiger partial charge >= 0.3 is 6.18 Å². The minimum atomic E-state index is -4.30. The third-order valence-corrected chi connectivity index (χ3v) is 3.95. The van der Waals surface area contributed by atoms with E-state index in [1.165, 1.54) is 23.1 Å². The van der Waals surface area contributed by atoms with Crippen LogP contribution in [-0.2, 0) is 0 Å². The molecule has 2 rings (SSSR count). The molecule has 0 N–H and O–H groups in total. The molecule has 0 aromatic heterocycles. The number of nitrogens with zero attached hydrogens (tertiary/aromatic N) is 2. The molecule has 1 aliphatic rings. The lowest BCUT2D eigenvalue weighted by Gasteiger charge is -2.28. The lowest BCUT2D eigenvalue weighted by Crippen LogP contribution is -2.39. The van der Waals surface area contributed by atoms with Crippen molar-refractivity contribution in [1.29, 1.82) is 0 Å². The highest BCUT2D eigenvalue weighted by Gasteiger charge is 2.41. The van der Waals surface area contributed by atoms with Crippen LogP contribution in [0.15, 0.2) is 18.2 Å². The van der Waals surface area contributed by atoms with Crippen LogP contribution in [0.5, 0.6) is 0 Å². The number of rotatable bonds is 4. The Balaban J connectivity index is 2.44. The van der Waals surface area contributed by atoms with E-state index in [1.54, 1.807) is 6.92 Å². The highest BCUT2D eigenvalue weighted by molar-refractivity contribution is 5.65. The summed E-state index contributed by atoms with van der Waals surface area (Å²) in [6, 6.07) is 3.81. The molecule has 7 heteroatoms. The summed E-state index contributed by atoms with van der Waals surface area (Å²) in [5.41, 5.74) is 1.04. The van der Waals surface area contributed by atoms with E-state index in [1.807, 2.05) is 6.92 Å². The summed E-state index contributed by atoms with van der Waals surface area (Å²) in [6.45, 7) is 2.67. The van der Waals surface area contributed by atoms with Crippen LogP contribution in [0, 0.1) is 10.1 Å². The first kappa shape index (κ1) is 15.6. The normalized spacial score (nSPS) is 21.5. The Morgan fingerprint density at radius 3 is 2.57 bits per heavy atom. The second-order valence-corrected chi connectivity index (χ2v) is 5.38. The maximum Gasteiger partial charge on any atom is 0.405 e. The van der Waals surface area contributed by atoms with Crippen LogP contribution in [0.25, 0.3) is 0 Å². The van der Waals surface area contributed by atoms with Gasteiger partial charge in [-0.2, -0.15) is 13.2 Å². The SMILES string of the molecule is CCCC1c2cc([N+](=O)[O-])ccc2N(CC(F)(F)F)C1C. The molecule has 2 unspecified atom stereocenters. The average Bonchev–Trinajstić information content (AvgIpc) is 2.62. The Morgan fingerprint density at radius 1 is 1.38 bits per heavy atom. The van der Waals surface area contributed by atoms with Crippen LogP contribution in [0.4, 0.5) is 24.5 Å². The summed E-state index contributed by atoms with van der Waals surface area (Å²) in [4.78, 5) is 11.7. The van der Waals surface area contributed by atoms with Gasteiger partial charge in [0.1, 0.15) is 6.54 Å². The van der Waals surface area contributed by atoms with Crippen LogP contribution in [-0.4, -0.2) is 23.7 Å². The smallest absolute Gasteiger partial charge is 0.359 e. The highest BCUT2D eigenvalue weighted by Crippen LogP contribution is 2.45. The number of hydrogen-bond acceptors (Lipinski definition) is 3. The minimum Gasteiger partial charge on any atom is -0.359 e. The van der Waals surface area contributed by atoms with Crippen molar-refractivity contribution < 1.29 is 18.1 Å². The zero-order valence-electron chi connectivity index (χ0n) is 11.9. The Kier molecular flexibility index (Phi) is 4.11. The molecular formula is C14H17F3N2O2. The fraction of sp³-hybridized carbons (Fsp3) is 0.571. The standard InChI is InChI=1S/C14H17F3N2O2/c1-3-4-11-9(2)18(8-14(15,16)17)13-6-5-10(19(20)21)7-12(11)13/h5-7,9,11H,3-4,8H2,1-2H3. The van der Waals surface area contributed by atoms with Gasteiger partial charge in [-0.3, -0.25) is 10.1 Å². The number of benzene rings is 1. The summed E-state index contributed by atoms with van der Waals surface area (Å²) in [7, 11) is 0. The van der Waals surface area contributed by atoms with Crippen LogP contribution in [0.1, 0.15) is 38.2 Å². The van der Waals surface area contributed by atoms with Crippen molar-refractivity contribution in [3.05, 3.63) is 33.9 Å². The van der Waals surface area contributed by atoms with Crippen LogP contribution >= 0.6 is 0 Å². The Bertz CT molecular complexity index is 546. The summed E-state index contributed by atoms with van der Waals surface area (Å²) >= 11 is 0. The molecule has 0 fully saturated rings. The van der Waals surface area contributed by atoms with Gasteiger partial charge in [-0.05, 0) is 25.0 Å². The van der Waals surface area contributed by atoms with Gasteiger partial charge in [0.2, 0.25) is 0 Å². The van der Waals surface area contributed by atoms with Crippen molar-refractivity contribution in [3.63, 3.8) is 0 Å². The molecular weight excluding hydrogens is 285 g/mol. The first-order valence-electron chi connectivity index (χ1n) is 6.86. The van der Waals surface area contributed by atoms with E-state index in [9.17, 15) is 23.3 Å². The first-order valence-corrected chi connectivity index (χ1v) is 6.86. The molecule has 0 amide bonds.